The second kappa shape index (κ2) is 5.20. The molecule has 2 rings (SSSR count). The van der Waals surface area contributed by atoms with Crippen LogP contribution in [0.4, 0.5) is 0 Å². The number of ketones is 2. The van der Waals surface area contributed by atoms with E-state index in [-0.39, 0.29) is 12.4 Å². The fourth-order valence-electron chi connectivity index (χ4n) is 1.98. The molecule has 0 saturated carbocycles. The van der Waals surface area contributed by atoms with E-state index in [9.17, 15) is 14.4 Å². The van der Waals surface area contributed by atoms with Crippen molar-refractivity contribution in [3.8, 4) is 0 Å². The van der Waals surface area contributed by atoms with Gasteiger partial charge in [-0.1, -0.05) is 11.6 Å². The summed E-state index contributed by atoms with van der Waals surface area (Å²) in [4.78, 5) is 36.1. The molecule has 0 bridgehead atoms. The molecule has 18 heavy (non-hydrogen) atoms. The molecule has 0 radical (unpaired) electrons. The fraction of sp³-hybridized carbons (Fsp3) is 0.417. The van der Waals surface area contributed by atoms with Crippen molar-refractivity contribution >= 4 is 40.5 Å². The van der Waals surface area contributed by atoms with E-state index >= 15 is 0 Å². The van der Waals surface area contributed by atoms with Crippen LogP contribution < -0.4 is 0 Å². The molecule has 1 unspecified atom stereocenters. The molecule has 4 nitrogen and oxygen atoms in total. The van der Waals surface area contributed by atoms with Crippen LogP contribution in [0.3, 0.4) is 0 Å². The van der Waals surface area contributed by atoms with Gasteiger partial charge in [0.1, 0.15) is 0 Å². The highest BCUT2D eigenvalue weighted by Crippen LogP contribution is 2.35. The van der Waals surface area contributed by atoms with Gasteiger partial charge in [-0.15, -0.1) is 11.3 Å². The average molecular weight is 287 g/mol. The molecular weight excluding hydrogens is 276 g/mol. The lowest BCUT2D eigenvalue weighted by Crippen LogP contribution is -2.34. The van der Waals surface area contributed by atoms with Gasteiger partial charge < -0.3 is 4.74 Å². The number of fused-ring (bicyclic) bond motifs is 1. The van der Waals surface area contributed by atoms with Crippen LogP contribution in [0.25, 0.3) is 0 Å². The van der Waals surface area contributed by atoms with E-state index in [1.165, 1.54) is 11.3 Å². The van der Waals surface area contributed by atoms with Crippen LogP contribution in [0.2, 0.25) is 4.34 Å². The Kier molecular flexibility index (Phi) is 3.82. The molecule has 1 aliphatic rings. The number of ether oxygens (including phenoxy) is 1. The summed E-state index contributed by atoms with van der Waals surface area (Å²) in [6.07, 6.45) is 0.939. The predicted molar refractivity (Wildman–Crippen MR) is 67.1 cm³/mol. The lowest BCUT2D eigenvalue weighted by atomic mass is 9.84. The molecule has 0 aliphatic heterocycles. The lowest BCUT2D eigenvalue weighted by Gasteiger charge is -2.18. The van der Waals surface area contributed by atoms with Crippen molar-refractivity contribution in [2.75, 3.05) is 6.61 Å². The summed E-state index contributed by atoms with van der Waals surface area (Å²) >= 11 is 7.19. The number of esters is 1. The zero-order valence-corrected chi connectivity index (χ0v) is 11.3. The van der Waals surface area contributed by atoms with Crippen LogP contribution in [-0.2, 0) is 20.7 Å². The SMILES string of the molecule is CCOC(=O)C(=O)C1CCc2sc(Cl)cc2C1=O. The summed E-state index contributed by atoms with van der Waals surface area (Å²) in [5.74, 6) is -2.92. The molecule has 1 heterocycles. The van der Waals surface area contributed by atoms with Crippen LogP contribution in [-0.4, -0.2) is 24.1 Å². The molecule has 1 aromatic heterocycles. The second-order valence-electron chi connectivity index (χ2n) is 3.93. The van der Waals surface area contributed by atoms with E-state index in [1.807, 2.05) is 0 Å². The van der Waals surface area contributed by atoms with Gasteiger partial charge in [-0.3, -0.25) is 9.59 Å². The molecule has 0 amide bonds. The quantitative estimate of drug-likeness (QED) is 0.486. The molecule has 6 heteroatoms. The zero-order chi connectivity index (χ0) is 13.3. The van der Waals surface area contributed by atoms with E-state index < -0.39 is 17.7 Å². The van der Waals surface area contributed by atoms with Crippen molar-refractivity contribution in [3.63, 3.8) is 0 Å². The van der Waals surface area contributed by atoms with Crippen molar-refractivity contribution in [3.05, 3.63) is 20.8 Å². The number of Topliss-reactive ketones (excluding diaryl/α,β-unsaturated/α-hetero) is 2. The Bertz CT molecular complexity index is 520. The minimum atomic E-state index is -0.930. The zero-order valence-electron chi connectivity index (χ0n) is 9.70. The van der Waals surface area contributed by atoms with E-state index in [2.05, 4.69) is 4.74 Å². The summed E-state index contributed by atoms with van der Waals surface area (Å²) in [7, 11) is 0. The van der Waals surface area contributed by atoms with Gasteiger partial charge in [0.15, 0.2) is 5.78 Å². The van der Waals surface area contributed by atoms with Gasteiger partial charge in [0.25, 0.3) is 5.78 Å². The number of hydrogen-bond acceptors (Lipinski definition) is 5. The number of carbonyl (C=O) groups excluding carboxylic acids is 3. The summed E-state index contributed by atoms with van der Waals surface area (Å²) in [6.45, 7) is 1.74. The molecule has 1 aromatic rings. The van der Waals surface area contributed by atoms with Crippen molar-refractivity contribution in [2.24, 2.45) is 5.92 Å². The van der Waals surface area contributed by atoms with Crippen LogP contribution in [0.5, 0.6) is 0 Å². The smallest absolute Gasteiger partial charge is 0.375 e. The van der Waals surface area contributed by atoms with E-state index in [4.69, 9.17) is 11.6 Å². The van der Waals surface area contributed by atoms with Gasteiger partial charge in [-0.2, -0.15) is 0 Å². The van der Waals surface area contributed by atoms with Crippen molar-refractivity contribution in [1.82, 2.24) is 0 Å². The lowest BCUT2D eigenvalue weighted by molar-refractivity contribution is -0.154. The molecule has 0 fully saturated rings. The first-order valence-corrected chi connectivity index (χ1v) is 6.77. The summed E-state index contributed by atoms with van der Waals surface area (Å²) in [5, 5.41) is 0. The summed E-state index contributed by atoms with van der Waals surface area (Å²) < 4.78 is 5.16. The number of carbonyl (C=O) groups is 3. The molecular formula is C12H11ClO4S. The minimum Gasteiger partial charge on any atom is -0.460 e. The largest absolute Gasteiger partial charge is 0.460 e. The maximum atomic E-state index is 12.1. The van der Waals surface area contributed by atoms with Gasteiger partial charge in [0.05, 0.1) is 16.9 Å². The third kappa shape index (κ3) is 2.33. The Balaban J connectivity index is 2.21. The standard InChI is InChI=1S/C12H11ClO4S/c1-2-17-12(16)11(15)6-3-4-8-7(10(6)14)5-9(13)18-8/h5-6H,2-4H2,1H3. The molecule has 0 saturated heterocycles. The Hall–Kier alpha value is -1.20. The second-order valence-corrected chi connectivity index (χ2v) is 5.70. The summed E-state index contributed by atoms with van der Waals surface area (Å²) in [6, 6.07) is 1.56. The normalized spacial score (nSPS) is 18.3. The number of aryl methyl sites for hydroxylation is 1. The molecule has 1 aliphatic carbocycles. The molecule has 1 atom stereocenters. The number of halogens is 1. The van der Waals surface area contributed by atoms with Crippen molar-refractivity contribution < 1.29 is 19.1 Å². The van der Waals surface area contributed by atoms with Crippen molar-refractivity contribution in [1.29, 1.82) is 0 Å². The molecule has 0 aromatic carbocycles. The van der Waals surface area contributed by atoms with Crippen LogP contribution >= 0.6 is 22.9 Å². The maximum absolute atomic E-state index is 12.1. The fourth-order valence-corrected chi connectivity index (χ4v) is 3.27. The Morgan fingerprint density at radius 2 is 2.28 bits per heavy atom. The first-order valence-electron chi connectivity index (χ1n) is 5.58. The third-order valence-electron chi connectivity index (χ3n) is 2.81. The number of rotatable bonds is 3. The minimum absolute atomic E-state index is 0.126. The van der Waals surface area contributed by atoms with Gasteiger partial charge in [-0.05, 0) is 25.8 Å². The highest BCUT2D eigenvalue weighted by Gasteiger charge is 2.37. The first kappa shape index (κ1) is 13.2. The van der Waals surface area contributed by atoms with Crippen molar-refractivity contribution in [2.45, 2.75) is 19.8 Å². The number of thiophene rings is 1. The molecule has 96 valence electrons. The Morgan fingerprint density at radius 3 is 2.94 bits per heavy atom. The Morgan fingerprint density at radius 1 is 1.56 bits per heavy atom. The van der Waals surface area contributed by atoms with Gasteiger partial charge in [0.2, 0.25) is 0 Å². The van der Waals surface area contributed by atoms with Gasteiger partial charge in [-0.25, -0.2) is 4.79 Å². The maximum Gasteiger partial charge on any atom is 0.375 e. The average Bonchev–Trinajstić information content (AvgIpc) is 2.71. The van der Waals surface area contributed by atoms with Crippen LogP contribution in [0.1, 0.15) is 28.6 Å². The molecule has 0 spiro atoms. The van der Waals surface area contributed by atoms with E-state index in [0.717, 1.165) is 4.88 Å². The van der Waals surface area contributed by atoms with E-state index in [0.29, 0.717) is 22.7 Å². The number of hydrogen-bond donors (Lipinski definition) is 0. The van der Waals surface area contributed by atoms with Gasteiger partial charge in [0, 0.05) is 10.4 Å². The monoisotopic (exact) mass is 286 g/mol. The van der Waals surface area contributed by atoms with E-state index in [1.54, 1.807) is 13.0 Å². The Labute approximate surface area is 113 Å². The van der Waals surface area contributed by atoms with Gasteiger partial charge >= 0.3 is 5.97 Å². The summed E-state index contributed by atoms with van der Waals surface area (Å²) in [5.41, 5.74) is 0.471. The van der Waals surface area contributed by atoms with Crippen LogP contribution in [0.15, 0.2) is 6.07 Å². The predicted octanol–water partition coefficient (Wildman–Crippen LogP) is 2.28. The highest BCUT2D eigenvalue weighted by atomic mass is 35.5. The first-order chi connectivity index (χ1) is 8.54. The third-order valence-corrected chi connectivity index (χ3v) is 4.14. The topological polar surface area (TPSA) is 60.4 Å². The molecule has 0 N–H and O–H groups in total. The highest BCUT2D eigenvalue weighted by molar-refractivity contribution is 7.16. The van der Waals surface area contributed by atoms with Crippen LogP contribution in [0, 0.1) is 5.92 Å².